The lowest BCUT2D eigenvalue weighted by Crippen LogP contribution is -2.41. The van der Waals surface area contributed by atoms with Crippen LogP contribution in [0.15, 0.2) is 42.7 Å². The summed E-state index contributed by atoms with van der Waals surface area (Å²) < 4.78 is 7.52. The summed E-state index contributed by atoms with van der Waals surface area (Å²) >= 11 is 0. The van der Waals surface area contributed by atoms with Crippen molar-refractivity contribution in [1.29, 1.82) is 0 Å². The molecule has 0 unspecified atom stereocenters. The lowest BCUT2D eigenvalue weighted by Gasteiger charge is -2.36. The smallest absolute Gasteiger partial charge is 0.272 e. The lowest BCUT2D eigenvalue weighted by molar-refractivity contribution is 0.0576. The lowest BCUT2D eigenvalue weighted by atomic mass is 10.0. The summed E-state index contributed by atoms with van der Waals surface area (Å²) in [5.74, 6) is 1.58. The highest BCUT2D eigenvalue weighted by Gasteiger charge is 2.33. The summed E-state index contributed by atoms with van der Waals surface area (Å²) in [6.07, 6.45) is 3.44. The second kappa shape index (κ2) is 6.08. The third kappa shape index (κ3) is 2.67. The van der Waals surface area contributed by atoms with Gasteiger partial charge in [-0.2, -0.15) is 5.10 Å². The molecule has 128 valence electrons. The molecule has 0 radical (unpaired) electrons. The van der Waals surface area contributed by atoms with Crippen LogP contribution in [0.25, 0.3) is 0 Å². The van der Waals surface area contributed by atoms with Crippen molar-refractivity contribution in [3.05, 3.63) is 65.5 Å². The number of methoxy groups -OCH3 is 1. The minimum atomic E-state index is -0.105. The summed E-state index contributed by atoms with van der Waals surface area (Å²) in [6.45, 7) is 3.15. The molecule has 0 saturated carbocycles. The van der Waals surface area contributed by atoms with Gasteiger partial charge in [0.1, 0.15) is 17.3 Å². The van der Waals surface area contributed by atoms with Gasteiger partial charge in [-0.05, 0) is 30.7 Å². The second-order valence-electron chi connectivity index (χ2n) is 6.12. The maximum Gasteiger partial charge on any atom is 0.272 e. The number of imidazole rings is 1. The van der Waals surface area contributed by atoms with Gasteiger partial charge in [-0.15, -0.1) is 0 Å². The number of benzene rings is 1. The number of aromatic amines is 1. The molecule has 25 heavy (non-hydrogen) atoms. The van der Waals surface area contributed by atoms with Crippen LogP contribution in [0.2, 0.25) is 0 Å². The summed E-state index contributed by atoms with van der Waals surface area (Å²) in [6, 6.07) is 9.45. The Morgan fingerprint density at radius 1 is 1.36 bits per heavy atom. The van der Waals surface area contributed by atoms with E-state index in [1.807, 2.05) is 42.3 Å². The number of hydrogen-bond acceptors (Lipinski definition) is 4. The van der Waals surface area contributed by atoms with Gasteiger partial charge < -0.3 is 14.2 Å². The van der Waals surface area contributed by atoms with E-state index in [2.05, 4.69) is 19.7 Å². The van der Waals surface area contributed by atoms with Crippen molar-refractivity contribution in [2.45, 2.75) is 26.1 Å². The maximum atomic E-state index is 13.0. The number of hydrogen-bond donors (Lipinski definition) is 1. The van der Waals surface area contributed by atoms with Crippen LogP contribution in [-0.4, -0.2) is 37.7 Å². The molecule has 2 aromatic heterocycles. The Balaban J connectivity index is 1.77. The Kier molecular flexibility index (Phi) is 3.76. The number of carbonyl (C=O) groups excluding carboxylic acids is 1. The van der Waals surface area contributed by atoms with Crippen molar-refractivity contribution in [2.75, 3.05) is 7.11 Å². The van der Waals surface area contributed by atoms with Crippen molar-refractivity contribution in [3.63, 3.8) is 0 Å². The highest BCUT2D eigenvalue weighted by Crippen LogP contribution is 2.32. The van der Waals surface area contributed by atoms with Gasteiger partial charge in [-0.25, -0.2) is 4.98 Å². The van der Waals surface area contributed by atoms with E-state index >= 15 is 0 Å². The predicted octanol–water partition coefficient (Wildman–Crippen LogP) is 2.32. The summed E-state index contributed by atoms with van der Waals surface area (Å²) in [4.78, 5) is 19.3. The number of aromatic nitrogens is 4. The Morgan fingerprint density at radius 2 is 2.24 bits per heavy atom. The number of nitrogens with zero attached hydrogens (tertiary/aromatic N) is 4. The number of amides is 1. The zero-order chi connectivity index (χ0) is 17.4. The van der Waals surface area contributed by atoms with Gasteiger partial charge in [0.2, 0.25) is 0 Å². The molecular formula is C18H19N5O2. The van der Waals surface area contributed by atoms with Gasteiger partial charge in [0.15, 0.2) is 0 Å². The molecule has 0 bridgehead atoms. The molecular weight excluding hydrogens is 318 g/mol. The van der Waals surface area contributed by atoms with Crippen LogP contribution in [0, 0.1) is 6.92 Å². The van der Waals surface area contributed by atoms with E-state index in [-0.39, 0.29) is 11.9 Å². The van der Waals surface area contributed by atoms with Crippen molar-refractivity contribution in [1.82, 2.24) is 24.6 Å². The molecule has 7 nitrogen and oxygen atoms in total. The summed E-state index contributed by atoms with van der Waals surface area (Å²) in [5, 5.41) is 6.66. The van der Waals surface area contributed by atoms with Crippen molar-refractivity contribution >= 4 is 5.91 Å². The van der Waals surface area contributed by atoms with E-state index in [1.54, 1.807) is 19.4 Å². The third-order valence-electron chi connectivity index (χ3n) is 4.65. The second-order valence-corrected chi connectivity index (χ2v) is 6.12. The first-order valence-electron chi connectivity index (χ1n) is 8.12. The van der Waals surface area contributed by atoms with Gasteiger partial charge >= 0.3 is 0 Å². The van der Waals surface area contributed by atoms with Gasteiger partial charge in [-0.3, -0.25) is 9.89 Å². The fraction of sp³-hybridized carbons (Fsp3) is 0.278. The Morgan fingerprint density at radius 3 is 3.00 bits per heavy atom. The monoisotopic (exact) mass is 337 g/mol. The summed E-state index contributed by atoms with van der Waals surface area (Å²) in [7, 11) is 1.64. The molecule has 1 amide bonds. The minimum Gasteiger partial charge on any atom is -0.497 e. The molecule has 3 aromatic rings. The van der Waals surface area contributed by atoms with Crippen LogP contribution in [0.4, 0.5) is 0 Å². The van der Waals surface area contributed by atoms with Gasteiger partial charge in [0.05, 0.1) is 19.7 Å². The van der Waals surface area contributed by atoms with E-state index in [4.69, 9.17) is 4.74 Å². The van der Waals surface area contributed by atoms with Gasteiger partial charge in [0.25, 0.3) is 5.91 Å². The average Bonchev–Trinajstić information content (AvgIpc) is 3.30. The molecule has 1 atom stereocenters. The number of aryl methyl sites for hydroxylation is 1. The van der Waals surface area contributed by atoms with Crippen molar-refractivity contribution in [3.8, 4) is 5.75 Å². The third-order valence-corrected chi connectivity index (χ3v) is 4.65. The van der Waals surface area contributed by atoms with E-state index in [0.717, 1.165) is 22.8 Å². The average molecular weight is 337 g/mol. The first-order valence-corrected chi connectivity index (χ1v) is 8.12. The standard InChI is InChI=1S/C18H19N5O2/c1-12-9-19-17-11-23(18(24)15-6-7-20-21-15)16(10-22(12)17)13-4-3-5-14(8-13)25-2/h3-9,16H,10-11H2,1-2H3,(H,20,21)/t16-/m1/s1. The first-order chi connectivity index (χ1) is 12.2. The Labute approximate surface area is 145 Å². The SMILES string of the molecule is COc1cccc([C@H]2Cn3c(C)cnc3CN2C(=O)c2ccn[nH]2)c1. The highest BCUT2D eigenvalue weighted by molar-refractivity contribution is 5.92. The van der Waals surface area contributed by atoms with E-state index in [0.29, 0.717) is 18.8 Å². The van der Waals surface area contributed by atoms with Crippen LogP contribution >= 0.6 is 0 Å². The fourth-order valence-electron chi connectivity index (χ4n) is 3.30. The van der Waals surface area contributed by atoms with Crippen molar-refractivity contribution in [2.24, 2.45) is 0 Å². The number of rotatable bonds is 3. The number of H-pyrrole nitrogens is 1. The summed E-state index contributed by atoms with van der Waals surface area (Å²) in [5.41, 5.74) is 2.60. The minimum absolute atomic E-state index is 0.0859. The van der Waals surface area contributed by atoms with E-state index in [1.165, 1.54) is 0 Å². The van der Waals surface area contributed by atoms with E-state index in [9.17, 15) is 4.79 Å². The predicted molar refractivity (Wildman–Crippen MR) is 91.2 cm³/mol. The molecule has 0 fully saturated rings. The largest absolute Gasteiger partial charge is 0.497 e. The first kappa shape index (κ1) is 15.4. The molecule has 1 N–H and O–H groups in total. The van der Waals surface area contributed by atoms with Gasteiger partial charge in [0, 0.05) is 24.6 Å². The van der Waals surface area contributed by atoms with Crippen LogP contribution in [-0.2, 0) is 13.1 Å². The number of nitrogens with one attached hydrogen (secondary N) is 1. The fourth-order valence-corrected chi connectivity index (χ4v) is 3.30. The van der Waals surface area contributed by atoms with Crippen molar-refractivity contribution < 1.29 is 9.53 Å². The van der Waals surface area contributed by atoms with Gasteiger partial charge in [-0.1, -0.05) is 12.1 Å². The van der Waals surface area contributed by atoms with E-state index < -0.39 is 0 Å². The number of ether oxygens (including phenoxy) is 1. The quantitative estimate of drug-likeness (QED) is 0.796. The normalized spacial score (nSPS) is 16.6. The zero-order valence-corrected chi connectivity index (χ0v) is 14.1. The molecule has 0 saturated heterocycles. The molecule has 1 aromatic carbocycles. The topological polar surface area (TPSA) is 76.0 Å². The highest BCUT2D eigenvalue weighted by atomic mass is 16.5. The maximum absolute atomic E-state index is 13.0. The zero-order valence-electron chi connectivity index (χ0n) is 14.1. The molecule has 4 rings (SSSR count). The van der Waals surface area contributed by atoms with Crippen LogP contribution < -0.4 is 4.74 Å². The molecule has 1 aliphatic heterocycles. The molecule has 0 spiro atoms. The molecule has 3 heterocycles. The Bertz CT molecular complexity index is 900. The Hall–Kier alpha value is -3.09. The van der Waals surface area contributed by atoms with Crippen LogP contribution in [0.1, 0.15) is 33.6 Å². The molecule has 0 aliphatic carbocycles. The molecule has 7 heteroatoms. The van der Waals surface area contributed by atoms with Crippen LogP contribution in [0.5, 0.6) is 5.75 Å². The molecule has 1 aliphatic rings. The number of carbonyl (C=O) groups is 1. The number of fused-ring (bicyclic) bond motifs is 1. The van der Waals surface area contributed by atoms with Crippen LogP contribution in [0.3, 0.4) is 0 Å².